The van der Waals surface area contributed by atoms with Crippen LogP contribution in [-0.2, 0) is 10.0 Å². The van der Waals surface area contributed by atoms with Crippen LogP contribution in [0.1, 0.15) is 40.5 Å². The smallest absolute Gasteiger partial charge is 0.211 e. The number of nitrogens with one attached hydrogen (secondary N) is 1. The molecule has 6 nitrogen and oxygen atoms in total. The maximum absolute atomic E-state index is 11.5. The van der Waals surface area contributed by atoms with Crippen molar-refractivity contribution in [3.8, 4) is 0 Å². The van der Waals surface area contributed by atoms with Gasteiger partial charge in [0, 0.05) is 25.2 Å². The van der Waals surface area contributed by atoms with E-state index in [1.165, 1.54) is 10.6 Å². The molecule has 1 atom stereocenters. The van der Waals surface area contributed by atoms with Crippen LogP contribution in [0.4, 0.5) is 0 Å². The van der Waals surface area contributed by atoms with Gasteiger partial charge in [0.05, 0.1) is 6.26 Å². The van der Waals surface area contributed by atoms with Gasteiger partial charge in [-0.05, 0) is 33.6 Å². The van der Waals surface area contributed by atoms with E-state index in [1.54, 1.807) is 0 Å². The van der Waals surface area contributed by atoms with E-state index in [0.29, 0.717) is 31.5 Å². The van der Waals surface area contributed by atoms with Crippen molar-refractivity contribution in [3.05, 3.63) is 0 Å². The predicted octanol–water partition coefficient (Wildman–Crippen LogP) is 0.749. The number of hydrogen-bond acceptors (Lipinski definition) is 3. The molecule has 0 heterocycles. The number of nitrogens with two attached hydrogens (primary N) is 1. The molecule has 0 radical (unpaired) electrons. The normalized spacial score (nSPS) is 15.0. The first-order valence-corrected chi connectivity index (χ1v) is 8.56. The van der Waals surface area contributed by atoms with E-state index < -0.39 is 10.0 Å². The van der Waals surface area contributed by atoms with Gasteiger partial charge in [-0.3, -0.25) is 4.99 Å². The molecule has 0 bridgehead atoms. The number of rotatable bonds is 8. The molecule has 0 saturated heterocycles. The number of hydrogen-bond donors (Lipinski definition) is 2. The van der Waals surface area contributed by atoms with E-state index in [1.807, 2.05) is 20.8 Å². The molecule has 0 aliphatic rings. The zero-order valence-electron chi connectivity index (χ0n) is 12.7. The van der Waals surface area contributed by atoms with Crippen LogP contribution in [0.5, 0.6) is 0 Å². The van der Waals surface area contributed by atoms with E-state index >= 15 is 0 Å². The van der Waals surface area contributed by atoms with Crippen molar-refractivity contribution < 1.29 is 8.42 Å². The average molecular weight is 292 g/mol. The van der Waals surface area contributed by atoms with E-state index in [-0.39, 0.29) is 6.04 Å². The van der Waals surface area contributed by atoms with Crippen molar-refractivity contribution in [1.82, 2.24) is 9.62 Å². The lowest BCUT2D eigenvalue weighted by Gasteiger charge is -2.23. The highest BCUT2D eigenvalue weighted by Crippen LogP contribution is 2.05. The van der Waals surface area contributed by atoms with Crippen LogP contribution in [0.25, 0.3) is 0 Å². The Morgan fingerprint density at radius 1 is 1.37 bits per heavy atom. The Morgan fingerprint density at radius 2 is 1.95 bits per heavy atom. The molecule has 7 heteroatoms. The molecule has 0 amide bonds. The first-order valence-electron chi connectivity index (χ1n) is 6.71. The van der Waals surface area contributed by atoms with Gasteiger partial charge in [0.15, 0.2) is 5.96 Å². The van der Waals surface area contributed by atoms with Gasteiger partial charge in [0.25, 0.3) is 0 Å². The summed E-state index contributed by atoms with van der Waals surface area (Å²) in [5.41, 5.74) is 5.72. The van der Waals surface area contributed by atoms with Crippen LogP contribution in [0.2, 0.25) is 0 Å². The summed E-state index contributed by atoms with van der Waals surface area (Å²) in [5.74, 6) is 0.421. The highest BCUT2D eigenvalue weighted by Gasteiger charge is 2.18. The standard InChI is InChI=1S/C12H28N4O2S/c1-6-11(4)15-12(13)14-8-7-9-16(10(2)3)19(5,17)18/h10-11H,6-9H2,1-5H3,(H3,13,14,15)/t11-/m1/s1. The van der Waals surface area contributed by atoms with Gasteiger partial charge in [-0.15, -0.1) is 0 Å². The van der Waals surface area contributed by atoms with Crippen molar-refractivity contribution in [2.75, 3.05) is 19.3 Å². The Morgan fingerprint density at radius 3 is 2.37 bits per heavy atom. The lowest BCUT2D eigenvalue weighted by atomic mass is 10.3. The molecule has 0 spiro atoms. The molecule has 114 valence electrons. The molecule has 19 heavy (non-hydrogen) atoms. The number of aliphatic imine (C=N–C) groups is 1. The fraction of sp³-hybridized carbons (Fsp3) is 0.917. The lowest BCUT2D eigenvalue weighted by molar-refractivity contribution is 0.354. The molecule has 0 aliphatic heterocycles. The van der Waals surface area contributed by atoms with Crippen LogP contribution in [0, 0.1) is 0 Å². The monoisotopic (exact) mass is 292 g/mol. The van der Waals surface area contributed by atoms with Crippen molar-refractivity contribution >= 4 is 16.0 Å². The van der Waals surface area contributed by atoms with Gasteiger partial charge in [0.2, 0.25) is 10.0 Å². The minimum atomic E-state index is -3.15. The Labute approximate surface area is 117 Å². The van der Waals surface area contributed by atoms with Crippen LogP contribution >= 0.6 is 0 Å². The number of sulfonamides is 1. The fourth-order valence-electron chi connectivity index (χ4n) is 1.63. The van der Waals surface area contributed by atoms with E-state index in [9.17, 15) is 8.42 Å². The minimum Gasteiger partial charge on any atom is -0.370 e. The van der Waals surface area contributed by atoms with Crippen molar-refractivity contribution in [2.24, 2.45) is 10.7 Å². The number of nitrogens with zero attached hydrogens (tertiary/aromatic N) is 2. The van der Waals surface area contributed by atoms with E-state index in [2.05, 4.69) is 17.2 Å². The zero-order chi connectivity index (χ0) is 15.1. The molecular formula is C12H28N4O2S. The van der Waals surface area contributed by atoms with Crippen molar-refractivity contribution in [2.45, 2.75) is 52.6 Å². The minimum absolute atomic E-state index is 0.0328. The van der Waals surface area contributed by atoms with Crippen LogP contribution in [0.15, 0.2) is 4.99 Å². The topological polar surface area (TPSA) is 87.8 Å². The van der Waals surface area contributed by atoms with Gasteiger partial charge in [-0.25, -0.2) is 8.42 Å². The van der Waals surface area contributed by atoms with Crippen LogP contribution in [-0.4, -0.2) is 50.1 Å². The SMILES string of the molecule is CC[C@@H](C)NC(N)=NCCCN(C(C)C)S(C)(=O)=O. The van der Waals surface area contributed by atoms with Crippen molar-refractivity contribution in [1.29, 1.82) is 0 Å². The Hall–Kier alpha value is -0.820. The summed E-state index contributed by atoms with van der Waals surface area (Å²) in [6, 6.07) is 0.265. The first-order chi connectivity index (χ1) is 8.68. The fourth-order valence-corrected chi connectivity index (χ4v) is 2.86. The summed E-state index contributed by atoms with van der Waals surface area (Å²) in [7, 11) is -3.15. The van der Waals surface area contributed by atoms with Gasteiger partial charge >= 0.3 is 0 Å². The average Bonchev–Trinajstić information content (AvgIpc) is 2.26. The Kier molecular flexibility index (Phi) is 8.01. The number of guanidine groups is 1. The van der Waals surface area contributed by atoms with Gasteiger partial charge in [0.1, 0.15) is 0 Å². The summed E-state index contributed by atoms with van der Waals surface area (Å²) >= 11 is 0. The molecular weight excluding hydrogens is 264 g/mol. The highest BCUT2D eigenvalue weighted by molar-refractivity contribution is 7.88. The molecule has 0 aliphatic carbocycles. The second-order valence-electron chi connectivity index (χ2n) is 5.04. The second-order valence-corrected chi connectivity index (χ2v) is 6.98. The summed E-state index contributed by atoms with van der Waals surface area (Å²) in [4.78, 5) is 4.19. The molecule has 0 aromatic rings. The van der Waals surface area contributed by atoms with Gasteiger partial charge in [-0.2, -0.15) is 4.31 Å². The molecule has 0 aromatic heterocycles. The maximum Gasteiger partial charge on any atom is 0.211 e. The third-order valence-corrected chi connectivity index (χ3v) is 4.28. The molecule has 3 N–H and O–H groups in total. The quantitative estimate of drug-likeness (QED) is 0.392. The van der Waals surface area contributed by atoms with E-state index in [4.69, 9.17) is 5.73 Å². The summed E-state index contributed by atoms with van der Waals surface area (Å²) < 4.78 is 24.5. The summed E-state index contributed by atoms with van der Waals surface area (Å²) in [6.07, 6.45) is 2.87. The lowest BCUT2D eigenvalue weighted by Crippen LogP contribution is -2.39. The summed E-state index contributed by atoms with van der Waals surface area (Å²) in [5, 5.41) is 3.07. The van der Waals surface area contributed by atoms with E-state index in [0.717, 1.165) is 6.42 Å². The Bertz CT molecular complexity index is 379. The molecule has 0 saturated carbocycles. The van der Waals surface area contributed by atoms with Crippen molar-refractivity contribution in [3.63, 3.8) is 0 Å². The van der Waals surface area contributed by atoms with Gasteiger partial charge < -0.3 is 11.1 Å². The zero-order valence-corrected chi connectivity index (χ0v) is 13.5. The molecule has 0 unspecified atom stereocenters. The third-order valence-electron chi connectivity index (χ3n) is 2.83. The summed E-state index contributed by atoms with van der Waals surface area (Å²) in [6.45, 7) is 8.82. The first kappa shape index (κ1) is 18.2. The van der Waals surface area contributed by atoms with Crippen LogP contribution < -0.4 is 11.1 Å². The predicted molar refractivity (Wildman–Crippen MR) is 80.7 cm³/mol. The van der Waals surface area contributed by atoms with Gasteiger partial charge in [-0.1, -0.05) is 6.92 Å². The van der Waals surface area contributed by atoms with Crippen LogP contribution in [0.3, 0.4) is 0 Å². The highest BCUT2D eigenvalue weighted by atomic mass is 32.2. The molecule has 0 fully saturated rings. The molecule has 0 aromatic carbocycles. The molecule has 0 rings (SSSR count). The second kappa shape index (κ2) is 8.37. The largest absolute Gasteiger partial charge is 0.370 e. The Balaban J connectivity index is 4.18. The maximum atomic E-state index is 11.5. The third kappa shape index (κ3) is 8.05.